The van der Waals surface area contributed by atoms with E-state index in [0.29, 0.717) is 16.9 Å². The standard InChI is InChI=1S/C18H20N4O6S/c1-13-10-16(8-9-17(13)28-3)29(26,27)21(2)12-18(23)20-19-11-14-4-6-15(7-5-14)22(24)25/h4-11H,12H2,1-3H3,(H,20,23)/b19-11-. The van der Waals surface area contributed by atoms with E-state index >= 15 is 0 Å². The number of methoxy groups -OCH3 is 1. The third kappa shape index (κ3) is 5.59. The summed E-state index contributed by atoms with van der Waals surface area (Å²) >= 11 is 0. The molecule has 154 valence electrons. The van der Waals surface area contributed by atoms with E-state index in [1.54, 1.807) is 13.0 Å². The molecule has 29 heavy (non-hydrogen) atoms. The van der Waals surface area contributed by atoms with Crippen LogP contribution < -0.4 is 10.2 Å². The van der Waals surface area contributed by atoms with Crippen LogP contribution in [0.2, 0.25) is 0 Å². The van der Waals surface area contributed by atoms with Gasteiger partial charge in [0.1, 0.15) is 5.75 Å². The van der Waals surface area contributed by atoms with Crippen molar-refractivity contribution < 1.29 is 22.9 Å². The van der Waals surface area contributed by atoms with E-state index in [-0.39, 0.29) is 10.6 Å². The minimum Gasteiger partial charge on any atom is -0.496 e. The molecule has 10 nitrogen and oxygen atoms in total. The summed E-state index contributed by atoms with van der Waals surface area (Å²) in [5, 5.41) is 14.3. The first-order chi connectivity index (χ1) is 13.6. The van der Waals surface area contributed by atoms with Gasteiger partial charge in [-0.15, -0.1) is 0 Å². The van der Waals surface area contributed by atoms with E-state index in [1.165, 1.54) is 56.8 Å². The fourth-order valence-electron chi connectivity index (χ4n) is 2.37. The first kappa shape index (κ1) is 22.0. The summed E-state index contributed by atoms with van der Waals surface area (Å²) in [5.74, 6) is -0.0793. The highest BCUT2D eigenvalue weighted by Gasteiger charge is 2.23. The van der Waals surface area contributed by atoms with Crippen LogP contribution >= 0.6 is 0 Å². The molecule has 0 atom stereocenters. The average Bonchev–Trinajstić information content (AvgIpc) is 2.68. The molecular formula is C18H20N4O6S. The van der Waals surface area contributed by atoms with E-state index in [9.17, 15) is 23.3 Å². The fraction of sp³-hybridized carbons (Fsp3) is 0.222. The zero-order valence-corrected chi connectivity index (χ0v) is 16.8. The monoisotopic (exact) mass is 420 g/mol. The summed E-state index contributed by atoms with van der Waals surface area (Å²) in [6.45, 7) is 1.28. The molecule has 0 aliphatic carbocycles. The van der Waals surface area contributed by atoms with Crippen molar-refractivity contribution in [2.24, 2.45) is 5.10 Å². The van der Waals surface area contributed by atoms with Crippen LogP contribution in [0.25, 0.3) is 0 Å². The molecular weight excluding hydrogens is 400 g/mol. The van der Waals surface area contributed by atoms with Gasteiger partial charge in [0.25, 0.3) is 11.6 Å². The second kappa shape index (κ2) is 9.26. The number of hydrogen-bond acceptors (Lipinski definition) is 7. The second-order valence-corrected chi connectivity index (χ2v) is 8.08. The van der Waals surface area contributed by atoms with Crippen molar-refractivity contribution >= 4 is 27.8 Å². The van der Waals surface area contributed by atoms with Gasteiger partial charge < -0.3 is 4.74 Å². The number of sulfonamides is 1. The van der Waals surface area contributed by atoms with Crippen LogP contribution in [0.4, 0.5) is 5.69 Å². The minimum atomic E-state index is -3.87. The highest BCUT2D eigenvalue weighted by Crippen LogP contribution is 2.23. The van der Waals surface area contributed by atoms with Crippen LogP contribution in [0.15, 0.2) is 52.5 Å². The maximum absolute atomic E-state index is 12.6. The lowest BCUT2D eigenvalue weighted by molar-refractivity contribution is -0.384. The van der Waals surface area contributed by atoms with Crippen molar-refractivity contribution in [3.05, 3.63) is 63.7 Å². The highest BCUT2D eigenvalue weighted by atomic mass is 32.2. The SMILES string of the molecule is COc1ccc(S(=O)(=O)N(C)CC(=O)N/N=C\c2ccc([N+](=O)[O-])cc2)cc1C. The Labute approximate surface area is 168 Å². The Morgan fingerprint density at radius 3 is 2.48 bits per heavy atom. The van der Waals surface area contributed by atoms with Gasteiger partial charge in [-0.1, -0.05) is 0 Å². The Bertz CT molecular complexity index is 1030. The summed E-state index contributed by atoms with van der Waals surface area (Å²) in [6, 6.07) is 9.97. The molecule has 0 spiro atoms. The second-order valence-electron chi connectivity index (χ2n) is 6.03. The number of nitro benzene ring substituents is 1. The van der Waals surface area contributed by atoms with Gasteiger partial charge in [0, 0.05) is 19.2 Å². The lowest BCUT2D eigenvalue weighted by atomic mass is 10.2. The van der Waals surface area contributed by atoms with Crippen molar-refractivity contribution in [2.75, 3.05) is 20.7 Å². The molecule has 0 fully saturated rings. The number of ether oxygens (including phenoxy) is 1. The molecule has 11 heteroatoms. The molecule has 2 aromatic rings. The zero-order valence-electron chi connectivity index (χ0n) is 16.0. The third-order valence-corrected chi connectivity index (χ3v) is 5.75. The first-order valence-electron chi connectivity index (χ1n) is 8.32. The molecule has 2 aromatic carbocycles. The van der Waals surface area contributed by atoms with Crippen LogP contribution in [0.5, 0.6) is 5.75 Å². The largest absolute Gasteiger partial charge is 0.496 e. The van der Waals surface area contributed by atoms with Gasteiger partial charge in [-0.25, -0.2) is 13.8 Å². The van der Waals surface area contributed by atoms with Crippen molar-refractivity contribution in [2.45, 2.75) is 11.8 Å². The summed E-state index contributed by atoms with van der Waals surface area (Å²) in [5.41, 5.74) is 3.34. The number of benzene rings is 2. The smallest absolute Gasteiger partial charge is 0.269 e. The number of amides is 1. The predicted octanol–water partition coefficient (Wildman–Crippen LogP) is 1.68. The first-order valence-corrected chi connectivity index (χ1v) is 9.76. The molecule has 1 N–H and O–H groups in total. The molecule has 2 rings (SSSR count). The van der Waals surface area contributed by atoms with E-state index < -0.39 is 27.4 Å². The summed E-state index contributed by atoms with van der Waals surface area (Å²) in [7, 11) is -1.09. The van der Waals surface area contributed by atoms with Gasteiger partial charge in [-0.3, -0.25) is 14.9 Å². The van der Waals surface area contributed by atoms with Crippen molar-refractivity contribution in [3.63, 3.8) is 0 Å². The van der Waals surface area contributed by atoms with E-state index in [4.69, 9.17) is 4.74 Å². The number of nitro groups is 1. The summed E-state index contributed by atoms with van der Waals surface area (Å²) in [4.78, 5) is 22.1. The molecule has 0 aliphatic heterocycles. The highest BCUT2D eigenvalue weighted by molar-refractivity contribution is 7.89. The normalized spacial score (nSPS) is 11.6. The summed E-state index contributed by atoms with van der Waals surface area (Å²) in [6.07, 6.45) is 1.29. The molecule has 0 saturated carbocycles. The number of non-ortho nitro benzene ring substituents is 1. The molecule has 0 aliphatic rings. The Balaban J connectivity index is 1.98. The van der Waals surface area contributed by atoms with Crippen molar-refractivity contribution in [1.29, 1.82) is 0 Å². The molecule has 0 bridgehead atoms. The molecule has 0 heterocycles. The lowest BCUT2D eigenvalue weighted by Gasteiger charge is -2.17. The number of hydrazone groups is 1. The number of rotatable bonds is 8. The minimum absolute atomic E-state index is 0.0421. The molecule has 0 unspecified atom stereocenters. The Morgan fingerprint density at radius 2 is 1.93 bits per heavy atom. The average molecular weight is 420 g/mol. The number of nitrogens with zero attached hydrogens (tertiary/aromatic N) is 3. The number of carbonyl (C=O) groups is 1. The number of aryl methyl sites for hydroxylation is 1. The van der Waals surface area contributed by atoms with Gasteiger partial charge in [0.15, 0.2) is 0 Å². The Hall–Kier alpha value is -3.31. The van der Waals surface area contributed by atoms with Gasteiger partial charge >= 0.3 is 0 Å². The maximum atomic E-state index is 12.6. The fourth-order valence-corrected chi connectivity index (χ4v) is 3.59. The molecule has 1 amide bonds. The lowest BCUT2D eigenvalue weighted by Crippen LogP contribution is -2.36. The van der Waals surface area contributed by atoms with Gasteiger partial charge in [0.2, 0.25) is 10.0 Å². The summed E-state index contributed by atoms with van der Waals surface area (Å²) < 4.78 is 31.2. The topological polar surface area (TPSA) is 131 Å². The van der Waals surface area contributed by atoms with E-state index in [0.717, 1.165) is 4.31 Å². The zero-order chi connectivity index (χ0) is 21.6. The number of nitrogens with one attached hydrogen (secondary N) is 1. The van der Waals surface area contributed by atoms with Crippen molar-refractivity contribution in [1.82, 2.24) is 9.73 Å². The van der Waals surface area contributed by atoms with Crippen LogP contribution in [0.3, 0.4) is 0 Å². The van der Waals surface area contributed by atoms with Crippen LogP contribution in [-0.4, -0.2) is 50.5 Å². The number of carbonyl (C=O) groups excluding carboxylic acids is 1. The van der Waals surface area contributed by atoms with Gasteiger partial charge in [-0.05, 0) is 48.4 Å². The van der Waals surface area contributed by atoms with Gasteiger partial charge in [0.05, 0.1) is 29.7 Å². The number of hydrogen-bond donors (Lipinski definition) is 1. The van der Waals surface area contributed by atoms with Crippen LogP contribution in [0.1, 0.15) is 11.1 Å². The van der Waals surface area contributed by atoms with Gasteiger partial charge in [-0.2, -0.15) is 9.41 Å². The third-order valence-electron chi connectivity index (χ3n) is 3.95. The molecule has 0 aromatic heterocycles. The van der Waals surface area contributed by atoms with Crippen LogP contribution in [-0.2, 0) is 14.8 Å². The molecule has 0 radical (unpaired) electrons. The predicted molar refractivity (Wildman–Crippen MR) is 106 cm³/mol. The van der Waals surface area contributed by atoms with Crippen LogP contribution in [0, 0.1) is 17.0 Å². The Morgan fingerprint density at radius 1 is 1.28 bits per heavy atom. The Kier molecular flexibility index (Phi) is 7.02. The van der Waals surface area contributed by atoms with E-state index in [1.807, 2.05) is 0 Å². The van der Waals surface area contributed by atoms with E-state index in [2.05, 4.69) is 10.5 Å². The maximum Gasteiger partial charge on any atom is 0.269 e. The number of likely N-dealkylation sites (N-methyl/N-ethyl adjacent to an activating group) is 1. The van der Waals surface area contributed by atoms with Crippen molar-refractivity contribution in [3.8, 4) is 5.75 Å². The molecule has 0 saturated heterocycles. The quantitative estimate of drug-likeness (QED) is 0.393.